The number of fused-ring (bicyclic) bond motifs is 13. The Morgan fingerprint density at radius 2 is 0.914 bits per heavy atom. The number of nitrogens with zero attached hydrogens (tertiary/aromatic N) is 3. The molecular weight excluding hydrogens is 743 g/mol. The largest absolute Gasteiger partial charge is 0.309 e. The van der Waals surface area contributed by atoms with Crippen molar-refractivity contribution in [2.45, 2.75) is 26.2 Å². The highest BCUT2D eigenvalue weighted by Crippen LogP contribution is 2.45. The maximum absolute atomic E-state index is 3.53. The third-order valence-corrected chi connectivity index (χ3v) is 13.2. The second kappa shape index (κ2) is 13.1. The predicted octanol–water partition coefficient (Wildman–Crippen LogP) is 15.2. The summed E-state index contributed by atoms with van der Waals surface area (Å²) in [5.41, 5.74) is 12.1. The molecule has 0 atom stereocenters. The first-order chi connectivity index (χ1) is 28.4. The fraction of sp³-hybridized carbons (Fsp3) is 0.0943. The number of hydrogen-bond donors (Lipinski definition) is 1. The normalized spacial score (nSPS) is 12.2. The molecule has 4 heterocycles. The van der Waals surface area contributed by atoms with Gasteiger partial charge in [0.05, 0.1) is 33.1 Å². The average Bonchev–Trinajstić information content (AvgIpc) is 3.99. The highest BCUT2D eigenvalue weighted by Gasteiger charge is 2.23. The summed E-state index contributed by atoms with van der Waals surface area (Å²) in [4.78, 5) is 0. The van der Waals surface area contributed by atoms with Gasteiger partial charge in [0.25, 0.3) is 0 Å². The van der Waals surface area contributed by atoms with Gasteiger partial charge >= 0.3 is 0 Å². The van der Waals surface area contributed by atoms with Gasteiger partial charge in [-0.05, 0) is 96.1 Å². The quantitative estimate of drug-likeness (QED) is 0.172. The molecule has 0 fully saturated rings. The van der Waals surface area contributed by atoms with Crippen molar-refractivity contribution in [1.29, 1.82) is 0 Å². The summed E-state index contributed by atoms with van der Waals surface area (Å²) < 4.78 is 10.1. The van der Waals surface area contributed by atoms with E-state index in [1.54, 1.807) is 6.26 Å². The summed E-state index contributed by atoms with van der Waals surface area (Å²) in [6.07, 6.45) is 1.69. The van der Waals surface area contributed by atoms with Crippen molar-refractivity contribution >= 4 is 110 Å². The van der Waals surface area contributed by atoms with E-state index in [9.17, 15) is 0 Å². The zero-order valence-corrected chi connectivity index (χ0v) is 34.6. The van der Waals surface area contributed by atoms with Crippen LogP contribution in [0.15, 0.2) is 170 Å². The van der Waals surface area contributed by atoms with E-state index in [1.165, 1.54) is 91.2 Å². The number of thiophene rings is 1. The lowest BCUT2D eigenvalue weighted by Gasteiger charge is -2.19. The first kappa shape index (κ1) is 34.9. The molecule has 5 heteroatoms. The molecule has 58 heavy (non-hydrogen) atoms. The van der Waals surface area contributed by atoms with E-state index < -0.39 is 0 Å². The molecule has 0 N–H and O–H groups in total. The lowest BCUT2D eigenvalue weighted by Crippen LogP contribution is -2.10. The molecule has 0 aliphatic heterocycles. The predicted molar refractivity (Wildman–Crippen MR) is 256 cm³/mol. The summed E-state index contributed by atoms with van der Waals surface area (Å²) >= 11 is 5.44. The van der Waals surface area contributed by atoms with Gasteiger partial charge in [-0.3, -0.25) is 0 Å². The first-order valence-corrected chi connectivity index (χ1v) is 21.6. The Balaban J connectivity index is 0.00000190. The number of rotatable bonds is 3. The molecule has 0 bridgehead atoms. The molecule has 0 unspecified atom stereocenters. The molecule has 0 amide bonds. The minimum atomic E-state index is 0.0308. The highest BCUT2D eigenvalue weighted by molar-refractivity contribution is 7.79. The summed E-state index contributed by atoms with van der Waals surface area (Å²) in [6, 6.07) is 63.0. The second-order valence-electron chi connectivity index (χ2n) is 16.2. The van der Waals surface area contributed by atoms with Gasteiger partial charge < -0.3 is 13.7 Å². The number of aromatic nitrogens is 3. The van der Waals surface area contributed by atoms with Crippen LogP contribution in [0.1, 0.15) is 26.3 Å². The van der Waals surface area contributed by atoms with Crippen LogP contribution in [-0.2, 0) is 5.41 Å². The molecule has 12 rings (SSSR count). The van der Waals surface area contributed by atoms with Gasteiger partial charge in [-0.2, -0.15) is 12.6 Å². The second-order valence-corrected chi connectivity index (χ2v) is 17.3. The van der Waals surface area contributed by atoms with E-state index in [-0.39, 0.29) is 5.41 Å². The van der Waals surface area contributed by atoms with Crippen molar-refractivity contribution < 1.29 is 0 Å². The lowest BCUT2D eigenvalue weighted by atomic mass is 9.86. The van der Waals surface area contributed by atoms with Crippen molar-refractivity contribution in [2.75, 3.05) is 6.26 Å². The fourth-order valence-electron chi connectivity index (χ4n) is 9.35. The monoisotopic (exact) mass is 783 g/mol. The maximum Gasteiger partial charge on any atom is 0.0562 e. The van der Waals surface area contributed by atoms with Gasteiger partial charge in [0.15, 0.2) is 0 Å². The summed E-state index contributed by atoms with van der Waals surface area (Å²) in [6.45, 7) is 6.94. The van der Waals surface area contributed by atoms with Crippen LogP contribution in [0, 0.1) is 0 Å². The number of benzene rings is 8. The van der Waals surface area contributed by atoms with Gasteiger partial charge in [-0.25, -0.2) is 0 Å². The van der Waals surface area contributed by atoms with Crippen LogP contribution >= 0.6 is 24.0 Å². The van der Waals surface area contributed by atoms with Crippen molar-refractivity contribution in [3.05, 3.63) is 175 Å². The van der Waals surface area contributed by atoms with Crippen molar-refractivity contribution in [3.8, 4) is 17.1 Å². The van der Waals surface area contributed by atoms with E-state index in [0.29, 0.717) is 0 Å². The van der Waals surface area contributed by atoms with Gasteiger partial charge in [0.1, 0.15) is 0 Å². The molecule has 0 aliphatic carbocycles. The standard InChI is InChI=1S/C52H37N3S.CH4S/c1-52(2,3)32-22-26-44-42(28-32)50-45(27-25-39-38-19-11-13-21-49(38)56-51(39)50)55(44)35-23-24-37-41-30-40-36-18-10-12-20-43(36)53(33-14-6-4-7-15-33)47(40)31-48(41)54(46(37)29-35)34-16-8-5-9-17-34;1-2/h4-31H,1-3H3;2H,1H3. The van der Waals surface area contributed by atoms with Gasteiger partial charge in [0, 0.05) is 69.6 Å². The molecule has 0 radical (unpaired) electrons. The molecule has 280 valence electrons. The van der Waals surface area contributed by atoms with Gasteiger partial charge in [0.2, 0.25) is 0 Å². The molecule has 0 saturated heterocycles. The third kappa shape index (κ3) is 5.06. The molecule has 0 spiro atoms. The SMILES string of the molecule is CC(C)(C)c1ccc2c(c1)c1c3sc4ccccc4c3ccc1n2-c1ccc2c3cc4c5ccccc5n(-c5ccccc5)c4cc3n(-c3ccccc3)c2c1.CS. The average molecular weight is 784 g/mol. The Bertz CT molecular complexity index is 3560. The summed E-state index contributed by atoms with van der Waals surface area (Å²) in [5.74, 6) is 0. The highest BCUT2D eigenvalue weighted by atomic mass is 32.1. The van der Waals surface area contributed by atoms with E-state index in [2.05, 4.69) is 217 Å². The van der Waals surface area contributed by atoms with Crippen molar-refractivity contribution in [3.63, 3.8) is 0 Å². The number of thiol groups is 1. The molecule has 12 aromatic rings. The zero-order chi connectivity index (χ0) is 39.3. The summed E-state index contributed by atoms with van der Waals surface area (Å²) in [7, 11) is 0. The van der Waals surface area contributed by atoms with Crippen LogP contribution in [0.5, 0.6) is 0 Å². The van der Waals surface area contributed by atoms with Crippen LogP contribution in [0.2, 0.25) is 0 Å². The Kier molecular flexibility index (Phi) is 7.91. The fourth-order valence-corrected chi connectivity index (χ4v) is 10.6. The smallest absolute Gasteiger partial charge is 0.0562 e. The molecule has 0 saturated carbocycles. The molecule has 8 aromatic carbocycles. The zero-order valence-electron chi connectivity index (χ0n) is 32.9. The number of para-hydroxylation sites is 3. The van der Waals surface area contributed by atoms with Crippen LogP contribution < -0.4 is 0 Å². The van der Waals surface area contributed by atoms with Crippen LogP contribution in [-0.4, -0.2) is 20.0 Å². The first-order valence-electron chi connectivity index (χ1n) is 19.9. The molecular formula is C53H41N3S2. The van der Waals surface area contributed by atoms with E-state index in [1.807, 2.05) is 11.3 Å². The Hall–Kier alpha value is -6.27. The maximum atomic E-state index is 3.53. The number of hydrogen-bond acceptors (Lipinski definition) is 2. The Labute approximate surface area is 346 Å². The van der Waals surface area contributed by atoms with Crippen LogP contribution in [0.3, 0.4) is 0 Å². The minimum absolute atomic E-state index is 0.0308. The molecule has 0 aliphatic rings. The van der Waals surface area contributed by atoms with Crippen LogP contribution in [0.25, 0.3) is 103 Å². The summed E-state index contributed by atoms with van der Waals surface area (Å²) in [5, 5.41) is 10.3. The van der Waals surface area contributed by atoms with Crippen molar-refractivity contribution in [1.82, 2.24) is 13.7 Å². The van der Waals surface area contributed by atoms with E-state index >= 15 is 0 Å². The van der Waals surface area contributed by atoms with Crippen molar-refractivity contribution in [2.24, 2.45) is 0 Å². The lowest BCUT2D eigenvalue weighted by molar-refractivity contribution is 0.591. The third-order valence-electron chi connectivity index (χ3n) is 12.0. The minimum Gasteiger partial charge on any atom is -0.309 e. The topological polar surface area (TPSA) is 14.8 Å². The van der Waals surface area contributed by atoms with Crippen LogP contribution in [0.4, 0.5) is 0 Å². The van der Waals surface area contributed by atoms with Gasteiger partial charge in [-0.1, -0.05) is 112 Å². The molecule has 3 nitrogen and oxygen atoms in total. The Morgan fingerprint density at radius 1 is 0.379 bits per heavy atom. The Morgan fingerprint density at radius 3 is 1.62 bits per heavy atom. The molecule has 4 aromatic heterocycles. The van der Waals surface area contributed by atoms with E-state index in [4.69, 9.17) is 0 Å². The van der Waals surface area contributed by atoms with Gasteiger partial charge in [-0.15, -0.1) is 11.3 Å². The van der Waals surface area contributed by atoms with E-state index in [0.717, 1.165) is 17.1 Å².